The molecular formula is C18H17F2N3O3. The third-order valence-corrected chi connectivity index (χ3v) is 4.17. The van der Waals surface area contributed by atoms with Crippen molar-refractivity contribution in [2.24, 2.45) is 0 Å². The number of ether oxygens (including phenoxy) is 1. The van der Waals surface area contributed by atoms with Gasteiger partial charge in [0, 0.05) is 18.2 Å². The van der Waals surface area contributed by atoms with Crippen LogP contribution in [0, 0.1) is 11.6 Å². The molecule has 0 unspecified atom stereocenters. The summed E-state index contributed by atoms with van der Waals surface area (Å²) < 4.78 is 31.7. The van der Waals surface area contributed by atoms with Gasteiger partial charge in [0.2, 0.25) is 5.91 Å². The van der Waals surface area contributed by atoms with Crippen LogP contribution < -0.4 is 20.7 Å². The summed E-state index contributed by atoms with van der Waals surface area (Å²) in [4.78, 5) is 24.2. The van der Waals surface area contributed by atoms with Crippen LogP contribution in [-0.4, -0.2) is 31.6 Å². The normalized spacial score (nSPS) is 19.0. The summed E-state index contributed by atoms with van der Waals surface area (Å²) >= 11 is 0. The van der Waals surface area contributed by atoms with Crippen molar-refractivity contribution >= 4 is 17.6 Å². The third kappa shape index (κ3) is 3.74. The lowest BCUT2D eigenvalue weighted by atomic mass is 9.94. The largest absolute Gasteiger partial charge is 0.494 e. The Hall–Kier alpha value is -3.16. The second kappa shape index (κ2) is 7.38. The van der Waals surface area contributed by atoms with E-state index in [9.17, 15) is 18.4 Å². The number of carbonyl (C=O) groups is 2. The number of rotatable bonds is 4. The fraction of sp³-hybridized carbons (Fsp3) is 0.222. The molecule has 26 heavy (non-hydrogen) atoms. The predicted molar refractivity (Wildman–Crippen MR) is 91.0 cm³/mol. The van der Waals surface area contributed by atoms with Crippen molar-refractivity contribution in [1.82, 2.24) is 10.6 Å². The molecule has 1 aliphatic heterocycles. The Morgan fingerprint density at radius 1 is 1.19 bits per heavy atom. The van der Waals surface area contributed by atoms with E-state index in [0.717, 1.165) is 0 Å². The van der Waals surface area contributed by atoms with E-state index in [1.165, 1.54) is 43.5 Å². The lowest BCUT2D eigenvalue weighted by Crippen LogP contribution is -2.44. The van der Waals surface area contributed by atoms with Crippen molar-refractivity contribution in [3.05, 3.63) is 59.7 Å². The summed E-state index contributed by atoms with van der Waals surface area (Å²) in [5.74, 6) is -1.65. The molecule has 0 bridgehead atoms. The summed E-state index contributed by atoms with van der Waals surface area (Å²) in [5.41, 5.74) is 0.947. The molecule has 3 rings (SSSR count). The minimum Gasteiger partial charge on any atom is -0.494 e. The molecule has 3 N–H and O–H groups in total. The summed E-state index contributed by atoms with van der Waals surface area (Å²) in [6.07, 6.45) is 0. The lowest BCUT2D eigenvalue weighted by molar-refractivity contribution is -0.120. The van der Waals surface area contributed by atoms with E-state index >= 15 is 0 Å². The SMILES string of the molecule is COc1ccc([C@@H]2CNC(=O)[C@H]2NC(=O)Nc2ccc(F)cc2)cc1F. The van der Waals surface area contributed by atoms with E-state index < -0.39 is 29.6 Å². The topological polar surface area (TPSA) is 79.5 Å². The Labute approximate surface area is 148 Å². The Bertz CT molecular complexity index is 827. The molecule has 2 aromatic rings. The minimum atomic E-state index is -0.858. The number of benzene rings is 2. The smallest absolute Gasteiger partial charge is 0.319 e. The Morgan fingerprint density at radius 2 is 1.92 bits per heavy atom. The Balaban J connectivity index is 1.72. The van der Waals surface area contributed by atoms with Crippen molar-refractivity contribution in [2.75, 3.05) is 19.0 Å². The molecule has 0 spiro atoms. The zero-order valence-electron chi connectivity index (χ0n) is 13.9. The average Bonchev–Trinajstić information content (AvgIpc) is 2.97. The molecule has 1 aliphatic rings. The number of hydrogen-bond donors (Lipinski definition) is 3. The molecule has 1 saturated heterocycles. The summed E-state index contributed by atoms with van der Waals surface area (Å²) in [7, 11) is 1.36. The molecule has 0 saturated carbocycles. The first-order valence-electron chi connectivity index (χ1n) is 7.92. The number of carbonyl (C=O) groups excluding carboxylic acids is 2. The molecule has 0 radical (unpaired) electrons. The zero-order chi connectivity index (χ0) is 18.7. The van der Waals surface area contributed by atoms with Gasteiger partial charge in [-0.2, -0.15) is 0 Å². The molecule has 0 aliphatic carbocycles. The highest BCUT2D eigenvalue weighted by Gasteiger charge is 2.37. The van der Waals surface area contributed by atoms with Crippen LogP contribution in [0.3, 0.4) is 0 Å². The van der Waals surface area contributed by atoms with Crippen LogP contribution >= 0.6 is 0 Å². The average molecular weight is 361 g/mol. The van der Waals surface area contributed by atoms with Crippen molar-refractivity contribution < 1.29 is 23.1 Å². The first kappa shape index (κ1) is 17.7. The van der Waals surface area contributed by atoms with E-state index in [2.05, 4.69) is 16.0 Å². The van der Waals surface area contributed by atoms with Crippen molar-refractivity contribution in [1.29, 1.82) is 0 Å². The first-order chi connectivity index (χ1) is 12.5. The second-order valence-corrected chi connectivity index (χ2v) is 5.83. The van der Waals surface area contributed by atoms with Crippen LogP contribution in [0.2, 0.25) is 0 Å². The van der Waals surface area contributed by atoms with E-state index in [1.807, 2.05) is 0 Å². The highest BCUT2D eigenvalue weighted by Crippen LogP contribution is 2.27. The van der Waals surface area contributed by atoms with Gasteiger partial charge in [-0.05, 0) is 42.0 Å². The van der Waals surface area contributed by atoms with Crippen LogP contribution in [0.5, 0.6) is 5.75 Å². The maximum absolute atomic E-state index is 14.0. The number of hydrogen-bond acceptors (Lipinski definition) is 3. The monoisotopic (exact) mass is 361 g/mol. The molecule has 3 amide bonds. The molecular weight excluding hydrogens is 344 g/mol. The quantitative estimate of drug-likeness (QED) is 0.782. The first-order valence-corrected chi connectivity index (χ1v) is 7.92. The van der Waals surface area contributed by atoms with E-state index in [4.69, 9.17) is 4.74 Å². The number of amides is 3. The number of nitrogens with one attached hydrogen (secondary N) is 3. The van der Waals surface area contributed by atoms with E-state index in [0.29, 0.717) is 11.3 Å². The Kier molecular flexibility index (Phi) is 5.01. The summed E-state index contributed by atoms with van der Waals surface area (Å²) in [5, 5.41) is 7.76. The van der Waals surface area contributed by atoms with Gasteiger partial charge in [0.05, 0.1) is 7.11 Å². The highest BCUT2D eigenvalue weighted by molar-refractivity contribution is 5.95. The van der Waals surface area contributed by atoms with Crippen molar-refractivity contribution in [3.8, 4) is 5.75 Å². The van der Waals surface area contributed by atoms with Gasteiger partial charge < -0.3 is 20.7 Å². The van der Waals surface area contributed by atoms with E-state index in [1.54, 1.807) is 6.07 Å². The summed E-state index contributed by atoms with van der Waals surface area (Å²) in [6, 6.07) is 8.17. The molecule has 2 atom stereocenters. The van der Waals surface area contributed by atoms with Gasteiger partial charge >= 0.3 is 6.03 Å². The van der Waals surface area contributed by atoms with Gasteiger partial charge in [0.1, 0.15) is 11.9 Å². The van der Waals surface area contributed by atoms with Gasteiger partial charge in [-0.3, -0.25) is 4.79 Å². The van der Waals surface area contributed by atoms with Crippen molar-refractivity contribution in [3.63, 3.8) is 0 Å². The van der Waals surface area contributed by atoms with Gasteiger partial charge in [-0.1, -0.05) is 6.07 Å². The maximum atomic E-state index is 14.0. The lowest BCUT2D eigenvalue weighted by Gasteiger charge is -2.19. The molecule has 6 nitrogen and oxygen atoms in total. The number of halogens is 2. The van der Waals surface area contributed by atoms with Crippen LogP contribution in [0.15, 0.2) is 42.5 Å². The second-order valence-electron chi connectivity index (χ2n) is 5.83. The van der Waals surface area contributed by atoms with Crippen LogP contribution in [0.4, 0.5) is 19.3 Å². The highest BCUT2D eigenvalue weighted by atomic mass is 19.1. The fourth-order valence-electron chi connectivity index (χ4n) is 2.85. The molecule has 0 aromatic heterocycles. The molecule has 136 valence electrons. The van der Waals surface area contributed by atoms with E-state index in [-0.39, 0.29) is 18.2 Å². The molecule has 1 fully saturated rings. The fourth-order valence-corrected chi connectivity index (χ4v) is 2.85. The molecule has 2 aromatic carbocycles. The third-order valence-electron chi connectivity index (χ3n) is 4.17. The van der Waals surface area contributed by atoms with Crippen molar-refractivity contribution in [2.45, 2.75) is 12.0 Å². The molecule has 8 heteroatoms. The van der Waals surface area contributed by atoms with Gasteiger partial charge in [0.15, 0.2) is 11.6 Å². The predicted octanol–water partition coefficient (Wildman–Crippen LogP) is 2.38. The minimum absolute atomic E-state index is 0.101. The van der Waals surface area contributed by atoms with Crippen LogP contribution in [-0.2, 0) is 4.79 Å². The number of anilines is 1. The standard InChI is InChI=1S/C18H17F2N3O3/c1-26-15-7-2-10(8-14(15)20)13-9-21-17(24)16(13)23-18(25)22-12-5-3-11(19)4-6-12/h2-8,13,16H,9H2,1H3,(H,21,24)(H2,22,23,25)/t13-,16-/m0/s1. The molecule has 1 heterocycles. The zero-order valence-corrected chi connectivity index (χ0v) is 13.9. The number of urea groups is 1. The van der Waals surface area contributed by atoms with Gasteiger partial charge in [-0.15, -0.1) is 0 Å². The van der Waals surface area contributed by atoms with Crippen LogP contribution in [0.1, 0.15) is 11.5 Å². The maximum Gasteiger partial charge on any atom is 0.319 e. The Morgan fingerprint density at radius 3 is 2.58 bits per heavy atom. The summed E-state index contributed by atoms with van der Waals surface area (Å²) in [6.45, 7) is 0.270. The number of methoxy groups -OCH3 is 1. The van der Waals surface area contributed by atoms with Gasteiger partial charge in [0.25, 0.3) is 0 Å². The van der Waals surface area contributed by atoms with Crippen LogP contribution in [0.25, 0.3) is 0 Å². The van der Waals surface area contributed by atoms with Gasteiger partial charge in [-0.25, -0.2) is 13.6 Å².